The molecule has 0 aliphatic heterocycles. The van der Waals surface area contributed by atoms with Crippen molar-refractivity contribution < 1.29 is 9.72 Å². The number of nitro benzene ring substituents is 1. The van der Waals surface area contributed by atoms with Crippen molar-refractivity contribution in [3.05, 3.63) is 70.0 Å². The van der Waals surface area contributed by atoms with Crippen molar-refractivity contribution in [2.24, 2.45) is 0 Å². The summed E-state index contributed by atoms with van der Waals surface area (Å²) < 4.78 is 0. The fourth-order valence-electron chi connectivity index (χ4n) is 1.74. The first-order chi connectivity index (χ1) is 9.58. The molecule has 20 heavy (non-hydrogen) atoms. The molecule has 6 heteroatoms. The van der Waals surface area contributed by atoms with Gasteiger partial charge in [-0.2, -0.15) is 0 Å². The maximum absolute atomic E-state index is 11.9. The van der Waals surface area contributed by atoms with Crippen LogP contribution < -0.4 is 5.32 Å². The Morgan fingerprint density at radius 1 is 1.25 bits per heavy atom. The molecular weight excluding hydrogens is 258 g/mol. The molecule has 1 aromatic carbocycles. The largest absolute Gasteiger partial charge is 0.344 e. The fourth-order valence-corrected chi connectivity index (χ4v) is 1.74. The zero-order valence-electron chi connectivity index (χ0n) is 10.8. The average Bonchev–Trinajstić information content (AvgIpc) is 2.48. The molecule has 0 fully saturated rings. The number of amides is 1. The number of carbonyl (C=O) groups is 1. The van der Waals surface area contributed by atoms with Gasteiger partial charge in [-0.15, -0.1) is 0 Å². The molecule has 6 nitrogen and oxygen atoms in total. The van der Waals surface area contributed by atoms with Gasteiger partial charge >= 0.3 is 0 Å². The number of rotatable bonds is 4. The van der Waals surface area contributed by atoms with Crippen LogP contribution in [0.1, 0.15) is 29.0 Å². The molecule has 0 saturated heterocycles. The third-order valence-electron chi connectivity index (χ3n) is 2.85. The lowest BCUT2D eigenvalue weighted by Gasteiger charge is -2.13. The molecule has 0 saturated carbocycles. The van der Waals surface area contributed by atoms with Gasteiger partial charge in [0.25, 0.3) is 11.6 Å². The monoisotopic (exact) mass is 271 g/mol. The zero-order chi connectivity index (χ0) is 14.5. The van der Waals surface area contributed by atoms with Gasteiger partial charge in [0.2, 0.25) is 0 Å². The molecule has 1 aromatic heterocycles. The Morgan fingerprint density at radius 3 is 2.50 bits per heavy atom. The highest BCUT2D eigenvalue weighted by atomic mass is 16.6. The molecule has 1 atom stereocenters. The first-order valence-electron chi connectivity index (χ1n) is 6.04. The number of aromatic nitrogens is 1. The van der Waals surface area contributed by atoms with Crippen molar-refractivity contribution in [1.82, 2.24) is 10.3 Å². The number of nitro groups is 1. The molecule has 0 spiro atoms. The lowest BCUT2D eigenvalue weighted by molar-refractivity contribution is -0.384. The number of hydrogen-bond donors (Lipinski definition) is 1. The smallest absolute Gasteiger partial charge is 0.270 e. The number of nitrogens with zero attached hydrogens (tertiary/aromatic N) is 2. The number of nitrogens with one attached hydrogen (secondary N) is 1. The van der Waals surface area contributed by atoms with E-state index in [1.54, 1.807) is 36.5 Å². The minimum atomic E-state index is -0.457. The molecule has 1 heterocycles. The van der Waals surface area contributed by atoms with Crippen LogP contribution in [-0.4, -0.2) is 15.8 Å². The molecule has 102 valence electrons. The van der Waals surface area contributed by atoms with Gasteiger partial charge in [-0.05, 0) is 24.6 Å². The topological polar surface area (TPSA) is 85.1 Å². The van der Waals surface area contributed by atoms with Crippen LogP contribution in [-0.2, 0) is 0 Å². The van der Waals surface area contributed by atoms with E-state index < -0.39 is 4.92 Å². The Balaban J connectivity index is 2.06. The van der Waals surface area contributed by atoms with Crippen molar-refractivity contribution in [1.29, 1.82) is 0 Å². The second kappa shape index (κ2) is 5.92. The summed E-state index contributed by atoms with van der Waals surface area (Å²) in [5.41, 5.74) is 1.15. The summed E-state index contributed by atoms with van der Waals surface area (Å²) in [7, 11) is 0. The van der Waals surface area contributed by atoms with E-state index in [4.69, 9.17) is 0 Å². The lowest BCUT2D eigenvalue weighted by atomic mass is 10.1. The average molecular weight is 271 g/mol. The minimum Gasteiger partial charge on any atom is -0.344 e. The van der Waals surface area contributed by atoms with Crippen LogP contribution >= 0.6 is 0 Å². The van der Waals surface area contributed by atoms with Gasteiger partial charge in [-0.3, -0.25) is 19.9 Å². The Labute approximate surface area is 115 Å². The van der Waals surface area contributed by atoms with Crippen LogP contribution in [0.3, 0.4) is 0 Å². The van der Waals surface area contributed by atoms with E-state index in [-0.39, 0.29) is 17.6 Å². The lowest BCUT2D eigenvalue weighted by Crippen LogP contribution is -2.27. The minimum absolute atomic E-state index is 0.0250. The van der Waals surface area contributed by atoms with Crippen LogP contribution in [0.4, 0.5) is 5.69 Å². The van der Waals surface area contributed by atoms with Crippen LogP contribution in [0.5, 0.6) is 0 Å². The molecule has 1 amide bonds. The molecule has 0 aliphatic rings. The van der Waals surface area contributed by atoms with Crippen LogP contribution in [0, 0.1) is 10.1 Å². The molecule has 2 rings (SSSR count). The van der Waals surface area contributed by atoms with Crippen molar-refractivity contribution in [2.75, 3.05) is 0 Å². The summed E-state index contributed by atoms with van der Waals surface area (Å²) in [6.07, 6.45) is 1.55. The van der Waals surface area contributed by atoms with E-state index in [9.17, 15) is 14.9 Å². The van der Waals surface area contributed by atoms with Gasteiger partial charge in [0.05, 0.1) is 11.0 Å². The predicted molar refractivity (Wildman–Crippen MR) is 73.2 cm³/mol. The summed E-state index contributed by atoms with van der Waals surface area (Å²) >= 11 is 0. The first-order valence-corrected chi connectivity index (χ1v) is 6.04. The summed E-state index contributed by atoms with van der Waals surface area (Å²) in [5.74, 6) is -0.281. The van der Waals surface area contributed by atoms with E-state index in [1.807, 2.05) is 6.92 Å². The Kier molecular flexibility index (Phi) is 4.05. The Hall–Kier alpha value is -2.76. The van der Waals surface area contributed by atoms with E-state index in [1.165, 1.54) is 12.1 Å². The number of non-ortho nitro benzene ring substituents is 1. The molecule has 0 bridgehead atoms. The molecule has 0 radical (unpaired) electrons. The van der Waals surface area contributed by atoms with E-state index in [0.29, 0.717) is 5.69 Å². The Bertz CT molecular complexity index is 611. The summed E-state index contributed by atoms with van der Waals surface area (Å²) in [6, 6.07) is 10.9. The SMILES string of the molecule is C[C@H](NC(=O)c1ccccn1)c1ccc([N+](=O)[O-])cc1. The summed E-state index contributed by atoms with van der Waals surface area (Å²) in [5, 5.41) is 13.4. The fraction of sp³-hybridized carbons (Fsp3) is 0.143. The van der Waals surface area contributed by atoms with Gasteiger partial charge in [-0.25, -0.2) is 0 Å². The second-order valence-electron chi connectivity index (χ2n) is 4.26. The first kappa shape index (κ1) is 13.7. The van der Waals surface area contributed by atoms with Crippen LogP contribution in [0.15, 0.2) is 48.7 Å². The van der Waals surface area contributed by atoms with E-state index in [2.05, 4.69) is 10.3 Å². The van der Waals surface area contributed by atoms with Crippen molar-refractivity contribution in [3.63, 3.8) is 0 Å². The van der Waals surface area contributed by atoms with Gasteiger partial charge < -0.3 is 5.32 Å². The maximum atomic E-state index is 11.9. The zero-order valence-corrected chi connectivity index (χ0v) is 10.8. The third-order valence-corrected chi connectivity index (χ3v) is 2.85. The second-order valence-corrected chi connectivity index (χ2v) is 4.26. The highest BCUT2D eigenvalue weighted by Gasteiger charge is 2.13. The maximum Gasteiger partial charge on any atom is 0.270 e. The quantitative estimate of drug-likeness (QED) is 0.683. The molecular formula is C14H13N3O3. The van der Waals surface area contributed by atoms with Gasteiger partial charge in [0.1, 0.15) is 5.69 Å². The highest BCUT2D eigenvalue weighted by Crippen LogP contribution is 2.17. The van der Waals surface area contributed by atoms with E-state index >= 15 is 0 Å². The summed E-state index contributed by atoms with van der Waals surface area (Å²) in [6.45, 7) is 1.81. The summed E-state index contributed by atoms with van der Waals surface area (Å²) in [4.78, 5) is 26.0. The van der Waals surface area contributed by atoms with Crippen molar-refractivity contribution in [3.8, 4) is 0 Å². The predicted octanol–water partition coefficient (Wildman–Crippen LogP) is 2.48. The normalized spacial score (nSPS) is 11.7. The van der Waals surface area contributed by atoms with Gasteiger partial charge in [0, 0.05) is 18.3 Å². The Morgan fingerprint density at radius 2 is 1.95 bits per heavy atom. The molecule has 0 aliphatic carbocycles. The number of carbonyl (C=O) groups excluding carboxylic acids is 1. The van der Waals surface area contributed by atoms with Crippen LogP contribution in [0.25, 0.3) is 0 Å². The van der Waals surface area contributed by atoms with Crippen molar-refractivity contribution in [2.45, 2.75) is 13.0 Å². The third kappa shape index (κ3) is 3.17. The number of benzene rings is 1. The van der Waals surface area contributed by atoms with Gasteiger partial charge in [-0.1, -0.05) is 18.2 Å². The molecule has 0 unspecified atom stereocenters. The number of hydrogen-bond acceptors (Lipinski definition) is 4. The molecule has 2 aromatic rings. The highest BCUT2D eigenvalue weighted by molar-refractivity contribution is 5.92. The number of pyridine rings is 1. The standard InChI is InChI=1S/C14H13N3O3/c1-10(11-5-7-12(8-6-11)17(19)20)16-14(18)13-4-2-3-9-15-13/h2-10H,1H3,(H,16,18)/t10-/m0/s1. The van der Waals surface area contributed by atoms with Gasteiger partial charge in [0.15, 0.2) is 0 Å². The van der Waals surface area contributed by atoms with Crippen molar-refractivity contribution >= 4 is 11.6 Å². The van der Waals surface area contributed by atoms with Crippen LogP contribution in [0.2, 0.25) is 0 Å². The van der Waals surface area contributed by atoms with E-state index in [0.717, 1.165) is 5.56 Å². The molecule has 1 N–H and O–H groups in total.